The van der Waals surface area contributed by atoms with Crippen LogP contribution in [0.3, 0.4) is 0 Å². The highest BCUT2D eigenvalue weighted by molar-refractivity contribution is 7.99. The molecule has 0 bridgehead atoms. The van der Waals surface area contributed by atoms with Gasteiger partial charge in [0.2, 0.25) is 0 Å². The molecule has 0 radical (unpaired) electrons. The Morgan fingerprint density at radius 1 is 1.45 bits per heavy atom. The van der Waals surface area contributed by atoms with Gasteiger partial charge in [-0.2, -0.15) is 0 Å². The highest BCUT2D eigenvalue weighted by Gasteiger charge is 2.24. The number of thioether (sulfide) groups is 1. The van der Waals surface area contributed by atoms with Gasteiger partial charge in [0.05, 0.1) is 17.2 Å². The summed E-state index contributed by atoms with van der Waals surface area (Å²) in [6, 6.07) is 0. The number of nitrogens with zero attached hydrogens (tertiary/aromatic N) is 2. The summed E-state index contributed by atoms with van der Waals surface area (Å²) in [7, 11) is 5.16. The maximum Gasteiger partial charge on any atom is 0.265 e. The fraction of sp³-hybridized carbons (Fsp3) is 0.615. The van der Waals surface area contributed by atoms with Gasteiger partial charge in [0.25, 0.3) is 5.91 Å². The zero-order valence-electron chi connectivity index (χ0n) is 12.7. The van der Waals surface area contributed by atoms with Crippen molar-refractivity contribution in [3.63, 3.8) is 0 Å². The number of hydrogen-bond donors (Lipinski definition) is 1. The average molecular weight is 317 g/mol. The highest BCUT2D eigenvalue weighted by atomic mass is 32.2. The third kappa shape index (κ3) is 3.59. The molecule has 20 heavy (non-hydrogen) atoms. The first-order chi connectivity index (χ1) is 9.47. The zero-order chi connectivity index (χ0) is 15.3. The molecular weight excluding hydrogens is 294 g/mol. The minimum absolute atomic E-state index is 0.0446. The number of nitrogen functional groups attached to an aromatic ring is 1. The Labute approximate surface area is 129 Å². The molecular formula is C13H23N3O2S2. The summed E-state index contributed by atoms with van der Waals surface area (Å²) in [5.74, 6) is -0.0446. The number of thiophene rings is 1. The van der Waals surface area contributed by atoms with Crippen LogP contribution in [0, 0.1) is 0 Å². The molecule has 114 valence electrons. The molecule has 0 atom stereocenters. The van der Waals surface area contributed by atoms with Crippen molar-refractivity contribution < 1.29 is 9.53 Å². The van der Waals surface area contributed by atoms with E-state index in [-0.39, 0.29) is 5.91 Å². The van der Waals surface area contributed by atoms with E-state index in [9.17, 15) is 4.79 Å². The van der Waals surface area contributed by atoms with E-state index in [1.165, 1.54) is 11.3 Å². The van der Waals surface area contributed by atoms with E-state index in [0.717, 1.165) is 23.0 Å². The Kier molecular flexibility index (Phi) is 6.64. The smallest absolute Gasteiger partial charge is 0.265 e. The van der Waals surface area contributed by atoms with Gasteiger partial charge in [-0.05, 0) is 13.2 Å². The fourth-order valence-corrected chi connectivity index (χ4v) is 4.08. The number of ether oxygens (including phenoxy) is 1. The number of amides is 1. The molecule has 0 saturated heterocycles. The van der Waals surface area contributed by atoms with E-state index in [0.29, 0.717) is 17.2 Å². The molecule has 5 nitrogen and oxygen atoms in total. The maximum absolute atomic E-state index is 12.2. The summed E-state index contributed by atoms with van der Waals surface area (Å²) >= 11 is 3.04. The summed E-state index contributed by atoms with van der Waals surface area (Å²) in [4.78, 5) is 17.5. The predicted molar refractivity (Wildman–Crippen MR) is 88.3 cm³/mol. The quantitative estimate of drug-likeness (QED) is 0.782. The van der Waals surface area contributed by atoms with Crippen LogP contribution in [0.1, 0.15) is 16.6 Å². The lowest BCUT2D eigenvalue weighted by Crippen LogP contribution is -2.26. The van der Waals surface area contributed by atoms with Crippen molar-refractivity contribution in [2.45, 2.75) is 11.8 Å². The average Bonchev–Trinajstić information content (AvgIpc) is 2.75. The van der Waals surface area contributed by atoms with E-state index in [1.54, 1.807) is 37.9 Å². The normalized spacial score (nSPS) is 10.7. The van der Waals surface area contributed by atoms with Crippen LogP contribution >= 0.6 is 23.1 Å². The zero-order valence-corrected chi connectivity index (χ0v) is 14.4. The van der Waals surface area contributed by atoms with Gasteiger partial charge in [0, 0.05) is 34.3 Å². The molecule has 0 saturated carbocycles. The number of likely N-dealkylation sites (N-methyl/N-ethyl adjacent to an activating group) is 1. The number of nitrogens with two attached hydrogens (primary N) is 1. The Morgan fingerprint density at radius 2 is 2.10 bits per heavy atom. The van der Waals surface area contributed by atoms with Gasteiger partial charge < -0.3 is 20.3 Å². The second-order valence-corrected chi connectivity index (χ2v) is 6.27. The summed E-state index contributed by atoms with van der Waals surface area (Å²) in [5, 5.41) is 1.06. The van der Waals surface area contributed by atoms with Crippen molar-refractivity contribution in [3.05, 3.63) is 4.88 Å². The molecule has 1 rings (SSSR count). The van der Waals surface area contributed by atoms with Crippen LogP contribution in [-0.2, 0) is 4.74 Å². The van der Waals surface area contributed by atoms with Crippen molar-refractivity contribution in [2.24, 2.45) is 0 Å². The Hall–Kier alpha value is -0.920. The summed E-state index contributed by atoms with van der Waals surface area (Å²) in [5.41, 5.74) is 6.75. The van der Waals surface area contributed by atoms with Gasteiger partial charge in [-0.25, -0.2) is 0 Å². The van der Waals surface area contributed by atoms with Crippen LogP contribution in [0.15, 0.2) is 4.90 Å². The van der Waals surface area contributed by atoms with Crippen LogP contribution in [0.2, 0.25) is 0 Å². The molecule has 1 aromatic heterocycles. The number of methoxy groups -OCH3 is 1. The van der Waals surface area contributed by atoms with E-state index in [4.69, 9.17) is 10.5 Å². The summed E-state index contributed by atoms with van der Waals surface area (Å²) in [6.07, 6.45) is 1.98. The standard InChI is InChI=1S/C13H23N3O2S2/c1-6-16(7-8-18-4)13-11(19-5)9(14)10(20-13)12(17)15(2)3/h6-8,14H2,1-5H3. The van der Waals surface area contributed by atoms with Gasteiger partial charge in [-0.1, -0.05) is 0 Å². The molecule has 1 aromatic rings. The van der Waals surface area contributed by atoms with Crippen LogP contribution < -0.4 is 10.6 Å². The lowest BCUT2D eigenvalue weighted by molar-refractivity contribution is 0.0833. The van der Waals surface area contributed by atoms with Crippen molar-refractivity contribution in [1.29, 1.82) is 0 Å². The van der Waals surface area contributed by atoms with Crippen molar-refractivity contribution >= 4 is 39.7 Å². The molecule has 0 aliphatic heterocycles. The van der Waals surface area contributed by atoms with Crippen LogP contribution in [0.25, 0.3) is 0 Å². The number of rotatable bonds is 7. The van der Waals surface area contributed by atoms with Crippen LogP contribution in [0.5, 0.6) is 0 Å². The topological polar surface area (TPSA) is 58.8 Å². The number of carbonyl (C=O) groups is 1. The lowest BCUT2D eigenvalue weighted by Gasteiger charge is -2.22. The van der Waals surface area contributed by atoms with Crippen molar-refractivity contribution in [1.82, 2.24) is 4.90 Å². The van der Waals surface area contributed by atoms with Crippen LogP contribution in [0.4, 0.5) is 10.7 Å². The van der Waals surface area contributed by atoms with E-state index in [1.807, 2.05) is 6.26 Å². The Balaban J connectivity index is 3.18. The molecule has 0 spiro atoms. The van der Waals surface area contributed by atoms with Crippen molar-refractivity contribution in [3.8, 4) is 0 Å². The minimum atomic E-state index is -0.0446. The third-order valence-corrected chi connectivity index (χ3v) is 5.13. The van der Waals surface area contributed by atoms with Crippen LogP contribution in [-0.4, -0.2) is 58.0 Å². The van der Waals surface area contributed by atoms with E-state index in [2.05, 4.69) is 11.8 Å². The second-order valence-electron chi connectivity index (χ2n) is 4.46. The van der Waals surface area contributed by atoms with Gasteiger partial charge in [-0.3, -0.25) is 4.79 Å². The largest absolute Gasteiger partial charge is 0.396 e. The molecule has 0 aliphatic carbocycles. The molecule has 0 aliphatic rings. The number of hydrogen-bond acceptors (Lipinski definition) is 6. The Morgan fingerprint density at radius 3 is 2.55 bits per heavy atom. The first kappa shape index (κ1) is 17.1. The Bertz CT molecular complexity index is 461. The maximum atomic E-state index is 12.2. The predicted octanol–water partition coefficient (Wildman–Crippen LogP) is 2.23. The van der Waals surface area contributed by atoms with Gasteiger partial charge >= 0.3 is 0 Å². The SMILES string of the molecule is CCN(CCOC)c1sc(C(=O)N(C)C)c(N)c1SC. The van der Waals surface area contributed by atoms with Crippen molar-refractivity contribution in [2.75, 3.05) is 57.8 Å². The highest BCUT2D eigenvalue weighted by Crippen LogP contribution is 2.44. The number of carbonyl (C=O) groups excluding carboxylic acids is 1. The first-order valence-corrected chi connectivity index (χ1v) is 8.43. The lowest BCUT2D eigenvalue weighted by atomic mass is 10.3. The van der Waals surface area contributed by atoms with Gasteiger partial charge in [-0.15, -0.1) is 23.1 Å². The molecule has 2 N–H and O–H groups in total. The summed E-state index contributed by atoms with van der Waals surface area (Å²) < 4.78 is 5.14. The van der Waals surface area contributed by atoms with E-state index < -0.39 is 0 Å². The fourth-order valence-electron chi connectivity index (χ4n) is 1.79. The minimum Gasteiger partial charge on any atom is -0.396 e. The third-order valence-electron chi connectivity index (χ3n) is 2.92. The first-order valence-electron chi connectivity index (χ1n) is 6.39. The number of anilines is 2. The molecule has 0 unspecified atom stereocenters. The van der Waals surface area contributed by atoms with E-state index >= 15 is 0 Å². The second kappa shape index (κ2) is 7.75. The molecule has 7 heteroatoms. The molecule has 1 amide bonds. The molecule has 1 heterocycles. The molecule has 0 aromatic carbocycles. The monoisotopic (exact) mass is 317 g/mol. The van der Waals surface area contributed by atoms with Gasteiger partial charge in [0.15, 0.2) is 0 Å². The summed E-state index contributed by atoms with van der Waals surface area (Å²) in [6.45, 7) is 4.38. The van der Waals surface area contributed by atoms with Gasteiger partial charge in [0.1, 0.15) is 9.88 Å². The molecule has 0 fully saturated rings.